The molecule has 0 heterocycles. The van der Waals surface area contributed by atoms with Gasteiger partial charge in [-0.3, -0.25) is 9.35 Å². The van der Waals surface area contributed by atoms with Crippen molar-refractivity contribution in [3.8, 4) is 0 Å². The summed E-state index contributed by atoms with van der Waals surface area (Å²) in [4.78, 5) is 10.7. The van der Waals surface area contributed by atoms with Crippen LogP contribution in [0.25, 0.3) is 0 Å². The van der Waals surface area contributed by atoms with Crippen LogP contribution in [-0.4, -0.2) is 41.0 Å². The SMILES string of the molecule is CC(C)(C(=O)O)C(CCO)S(=O)(=O)O.[H-].[Na+]. The maximum absolute atomic E-state index is 10.9. The molecule has 86 valence electrons. The van der Waals surface area contributed by atoms with Crippen molar-refractivity contribution in [1.82, 2.24) is 0 Å². The standard InChI is InChI=1S/C7H14O6S.Na.H/c1-7(2,6(9)10)5(3-4-8)14(11,12)13;;/h5,8H,3-4H2,1-2H3,(H,9,10)(H,11,12,13);;/q;+1;-1. The molecule has 0 fully saturated rings. The van der Waals surface area contributed by atoms with Crippen LogP contribution in [0, 0.1) is 5.41 Å². The molecule has 1 atom stereocenters. The Morgan fingerprint density at radius 1 is 1.47 bits per heavy atom. The maximum Gasteiger partial charge on any atom is 1.00 e. The van der Waals surface area contributed by atoms with E-state index in [9.17, 15) is 13.2 Å². The minimum Gasteiger partial charge on any atom is -1.00 e. The fraction of sp³-hybridized carbons (Fsp3) is 0.857. The van der Waals surface area contributed by atoms with Crippen LogP contribution in [0.3, 0.4) is 0 Å². The third-order valence-electron chi connectivity index (χ3n) is 2.11. The molecule has 8 heteroatoms. The van der Waals surface area contributed by atoms with Crippen LogP contribution in [0.15, 0.2) is 0 Å². The van der Waals surface area contributed by atoms with Crippen LogP contribution in [0.1, 0.15) is 21.7 Å². The van der Waals surface area contributed by atoms with E-state index >= 15 is 0 Å². The van der Waals surface area contributed by atoms with Crippen molar-refractivity contribution < 1.29 is 59.0 Å². The molecule has 0 aromatic heterocycles. The first-order valence-electron chi connectivity index (χ1n) is 3.94. The summed E-state index contributed by atoms with van der Waals surface area (Å²) in [7, 11) is -4.47. The van der Waals surface area contributed by atoms with E-state index in [0.29, 0.717) is 0 Å². The van der Waals surface area contributed by atoms with E-state index in [-0.39, 0.29) is 37.4 Å². The molecule has 0 bridgehead atoms. The molecule has 1 unspecified atom stereocenters. The Morgan fingerprint density at radius 3 is 2.07 bits per heavy atom. The number of hydrogen-bond acceptors (Lipinski definition) is 4. The van der Waals surface area contributed by atoms with Crippen LogP contribution in [0.2, 0.25) is 0 Å². The molecule has 0 aromatic carbocycles. The Kier molecular flexibility index (Phi) is 7.29. The Bertz CT molecular complexity index is 315. The normalized spacial score (nSPS) is 14.1. The van der Waals surface area contributed by atoms with Gasteiger partial charge in [-0.05, 0) is 20.3 Å². The molecule has 0 saturated heterocycles. The smallest absolute Gasteiger partial charge is 1.00 e. The number of carbonyl (C=O) groups is 1. The average molecular weight is 250 g/mol. The van der Waals surface area contributed by atoms with Crippen molar-refractivity contribution in [3.05, 3.63) is 0 Å². The largest absolute Gasteiger partial charge is 1.00 e. The Balaban J connectivity index is -0.000000845. The predicted octanol–water partition coefficient (Wildman–Crippen LogP) is -3.15. The summed E-state index contributed by atoms with van der Waals surface area (Å²) in [6.45, 7) is 1.87. The first-order chi connectivity index (χ1) is 6.14. The molecular weight excluding hydrogens is 235 g/mol. The molecule has 0 radical (unpaired) electrons. The van der Waals surface area contributed by atoms with Gasteiger partial charge in [-0.15, -0.1) is 0 Å². The number of carboxylic acids is 1. The summed E-state index contributed by atoms with van der Waals surface area (Å²) in [6.07, 6.45) is -0.307. The van der Waals surface area contributed by atoms with E-state index in [1.807, 2.05) is 0 Å². The van der Waals surface area contributed by atoms with E-state index in [4.69, 9.17) is 14.8 Å². The van der Waals surface area contributed by atoms with E-state index < -0.39 is 33.4 Å². The molecule has 15 heavy (non-hydrogen) atoms. The molecule has 0 aliphatic rings. The first kappa shape index (κ1) is 17.7. The van der Waals surface area contributed by atoms with Crippen molar-refractivity contribution in [2.24, 2.45) is 5.41 Å². The number of aliphatic carboxylic acids is 1. The summed E-state index contributed by atoms with van der Waals surface area (Å²) in [5, 5.41) is 15.8. The first-order valence-corrected chi connectivity index (χ1v) is 5.45. The Morgan fingerprint density at radius 2 is 1.87 bits per heavy atom. The average Bonchev–Trinajstić information content (AvgIpc) is 1.97. The predicted molar refractivity (Wildman–Crippen MR) is 49.6 cm³/mol. The fourth-order valence-corrected chi connectivity index (χ4v) is 2.39. The second kappa shape index (κ2) is 6.17. The third-order valence-corrected chi connectivity index (χ3v) is 3.65. The van der Waals surface area contributed by atoms with Crippen molar-refractivity contribution >= 4 is 16.1 Å². The van der Waals surface area contributed by atoms with Crippen LogP contribution in [0.5, 0.6) is 0 Å². The molecule has 3 N–H and O–H groups in total. The number of carboxylic acid groups (broad SMARTS) is 1. The van der Waals surface area contributed by atoms with Crippen molar-refractivity contribution in [2.45, 2.75) is 25.5 Å². The van der Waals surface area contributed by atoms with E-state index in [2.05, 4.69) is 0 Å². The summed E-state index contributed by atoms with van der Waals surface area (Å²) < 4.78 is 30.5. The van der Waals surface area contributed by atoms with Gasteiger partial charge in [-0.2, -0.15) is 8.42 Å². The van der Waals surface area contributed by atoms with Gasteiger partial charge in [0.05, 0.1) is 5.41 Å². The van der Waals surface area contributed by atoms with Gasteiger partial charge in [-0.25, -0.2) is 0 Å². The van der Waals surface area contributed by atoms with Crippen molar-refractivity contribution in [2.75, 3.05) is 6.61 Å². The minimum atomic E-state index is -4.47. The minimum absolute atomic E-state index is 0. The number of aliphatic hydroxyl groups is 1. The van der Waals surface area contributed by atoms with Crippen molar-refractivity contribution in [1.29, 1.82) is 0 Å². The van der Waals surface area contributed by atoms with Gasteiger partial charge in [0, 0.05) is 6.61 Å². The van der Waals surface area contributed by atoms with Crippen LogP contribution in [-0.2, 0) is 14.9 Å². The topological polar surface area (TPSA) is 112 Å². The molecular formula is C7H15NaO6S. The van der Waals surface area contributed by atoms with Gasteiger partial charge < -0.3 is 11.6 Å². The second-order valence-corrected chi connectivity index (χ2v) is 5.14. The summed E-state index contributed by atoms with van der Waals surface area (Å²) >= 11 is 0. The van der Waals surface area contributed by atoms with Crippen LogP contribution < -0.4 is 29.6 Å². The van der Waals surface area contributed by atoms with Gasteiger partial charge in [0.25, 0.3) is 10.1 Å². The monoisotopic (exact) mass is 250 g/mol. The zero-order valence-electron chi connectivity index (χ0n) is 9.97. The summed E-state index contributed by atoms with van der Waals surface area (Å²) in [6, 6.07) is 0. The molecule has 0 amide bonds. The second-order valence-electron chi connectivity index (χ2n) is 3.54. The van der Waals surface area contributed by atoms with Gasteiger partial charge in [-0.1, -0.05) is 0 Å². The maximum atomic E-state index is 10.9. The molecule has 0 rings (SSSR count). The molecule has 0 saturated carbocycles. The quantitative estimate of drug-likeness (QED) is 0.351. The van der Waals surface area contributed by atoms with Crippen molar-refractivity contribution in [3.63, 3.8) is 0 Å². The molecule has 0 aliphatic carbocycles. The van der Waals surface area contributed by atoms with Crippen LogP contribution >= 0.6 is 0 Å². The number of aliphatic hydroxyl groups excluding tert-OH is 1. The van der Waals surface area contributed by atoms with Gasteiger partial charge in [0.15, 0.2) is 0 Å². The van der Waals surface area contributed by atoms with Gasteiger partial charge in [0.1, 0.15) is 5.25 Å². The Labute approximate surface area is 112 Å². The molecule has 0 spiro atoms. The molecule has 0 aliphatic heterocycles. The third kappa shape index (κ3) is 4.80. The molecule has 0 aromatic rings. The van der Waals surface area contributed by atoms with E-state index in [0.717, 1.165) is 0 Å². The summed E-state index contributed by atoms with van der Waals surface area (Å²) in [5.74, 6) is -1.34. The van der Waals surface area contributed by atoms with E-state index in [1.54, 1.807) is 0 Å². The fourth-order valence-electron chi connectivity index (χ4n) is 1.14. The zero-order chi connectivity index (χ0) is 11.6. The zero-order valence-corrected chi connectivity index (χ0v) is 11.8. The van der Waals surface area contributed by atoms with Gasteiger partial charge >= 0.3 is 35.5 Å². The number of hydrogen-bond donors (Lipinski definition) is 3. The van der Waals surface area contributed by atoms with E-state index in [1.165, 1.54) is 13.8 Å². The molecule has 6 nitrogen and oxygen atoms in total. The summed E-state index contributed by atoms with van der Waals surface area (Å²) in [5.41, 5.74) is -1.63. The Hall–Kier alpha value is 0.340. The number of rotatable bonds is 5. The van der Waals surface area contributed by atoms with Gasteiger partial charge in [0.2, 0.25) is 0 Å². The van der Waals surface area contributed by atoms with Crippen LogP contribution in [0.4, 0.5) is 0 Å².